The van der Waals surface area contributed by atoms with Crippen LogP contribution < -0.4 is 5.32 Å². The molecule has 4 aromatic rings. The van der Waals surface area contributed by atoms with Gasteiger partial charge in [0.15, 0.2) is 11.0 Å². The Labute approximate surface area is 218 Å². The lowest BCUT2D eigenvalue weighted by Crippen LogP contribution is -2.53. The van der Waals surface area contributed by atoms with Crippen molar-refractivity contribution in [3.8, 4) is 6.19 Å². The van der Waals surface area contributed by atoms with Crippen LogP contribution in [0.4, 0.5) is 5.69 Å². The number of anilines is 1. The van der Waals surface area contributed by atoms with Crippen molar-refractivity contribution in [1.29, 1.82) is 5.26 Å². The highest BCUT2D eigenvalue weighted by Gasteiger charge is 2.39. The normalized spacial score (nSPS) is 17.1. The summed E-state index contributed by atoms with van der Waals surface area (Å²) < 4.78 is 34.2. The lowest BCUT2D eigenvalue weighted by molar-refractivity contribution is 0.194. The maximum atomic E-state index is 14.0. The summed E-state index contributed by atoms with van der Waals surface area (Å²) in [6.45, 7) is 2.65. The van der Waals surface area contributed by atoms with E-state index in [4.69, 9.17) is 16.2 Å². The molecule has 1 atom stereocenters. The van der Waals surface area contributed by atoms with Crippen molar-refractivity contribution in [3.63, 3.8) is 0 Å². The van der Waals surface area contributed by atoms with E-state index in [-0.39, 0.29) is 34.0 Å². The average Bonchev–Trinajstić information content (AvgIpc) is 3.41. The first-order valence-electron chi connectivity index (χ1n) is 11.4. The Morgan fingerprint density at radius 3 is 2.57 bits per heavy atom. The van der Waals surface area contributed by atoms with Gasteiger partial charge in [-0.3, -0.25) is 0 Å². The van der Waals surface area contributed by atoms with E-state index in [1.54, 1.807) is 0 Å². The number of benzene rings is 3. The second-order valence-corrected chi connectivity index (χ2v) is 10.7. The number of guanidine groups is 1. The SMILES string of the molecule is Cc1ccccc1N/C(=N\C#N)N1CCN(S(=O)(=O)c2ccc(Cl)c3nonc23)C(c2ccccc2)C1. The minimum Gasteiger partial charge on any atom is -0.339 e. The molecule has 12 heteroatoms. The molecule has 1 unspecified atom stereocenters. The van der Waals surface area contributed by atoms with Crippen molar-refractivity contribution < 1.29 is 13.0 Å². The fourth-order valence-corrected chi connectivity index (χ4v) is 6.30. The molecule has 1 aliphatic rings. The summed E-state index contributed by atoms with van der Waals surface area (Å²) in [4.78, 5) is 5.87. The molecule has 1 saturated heterocycles. The number of sulfonamides is 1. The molecule has 0 saturated carbocycles. The monoisotopic (exact) mass is 535 g/mol. The number of para-hydroxylation sites is 1. The summed E-state index contributed by atoms with van der Waals surface area (Å²) in [5.41, 5.74) is 2.86. The molecule has 0 bridgehead atoms. The van der Waals surface area contributed by atoms with E-state index >= 15 is 0 Å². The van der Waals surface area contributed by atoms with Crippen molar-refractivity contribution in [2.24, 2.45) is 4.99 Å². The molecule has 0 radical (unpaired) electrons. The van der Waals surface area contributed by atoms with Crippen molar-refractivity contribution in [3.05, 3.63) is 82.9 Å². The fraction of sp³-hybridized carbons (Fsp3) is 0.200. The number of aryl methyl sites for hydroxylation is 1. The molecule has 188 valence electrons. The molecule has 10 nitrogen and oxygen atoms in total. The molecular formula is C25H22ClN7O3S. The first kappa shape index (κ1) is 24.7. The topological polar surface area (TPSA) is 128 Å². The first-order valence-corrected chi connectivity index (χ1v) is 13.2. The Morgan fingerprint density at radius 1 is 1.08 bits per heavy atom. The van der Waals surface area contributed by atoms with Gasteiger partial charge in [0, 0.05) is 25.3 Å². The summed E-state index contributed by atoms with van der Waals surface area (Å²) >= 11 is 6.17. The largest absolute Gasteiger partial charge is 0.339 e. The van der Waals surface area contributed by atoms with Gasteiger partial charge in [-0.05, 0) is 46.6 Å². The van der Waals surface area contributed by atoms with E-state index in [0.29, 0.717) is 12.5 Å². The predicted octanol–water partition coefficient (Wildman–Crippen LogP) is 4.18. The quantitative estimate of drug-likeness (QED) is 0.234. The summed E-state index contributed by atoms with van der Waals surface area (Å²) in [7, 11) is -4.04. The number of hydrogen-bond donors (Lipinski definition) is 1. The van der Waals surface area contributed by atoms with E-state index in [9.17, 15) is 13.7 Å². The van der Waals surface area contributed by atoms with Crippen LogP contribution in [0.15, 0.2) is 81.2 Å². The number of halogens is 1. The van der Waals surface area contributed by atoms with Gasteiger partial charge in [0.2, 0.25) is 22.2 Å². The lowest BCUT2D eigenvalue weighted by atomic mass is 10.0. The maximum Gasteiger partial charge on any atom is 0.246 e. The Kier molecular flexibility index (Phi) is 6.80. The van der Waals surface area contributed by atoms with Gasteiger partial charge in [-0.25, -0.2) is 13.0 Å². The number of fused-ring (bicyclic) bond motifs is 1. The highest BCUT2D eigenvalue weighted by atomic mass is 35.5. The van der Waals surface area contributed by atoms with Crippen LogP contribution in [0.2, 0.25) is 5.02 Å². The van der Waals surface area contributed by atoms with Gasteiger partial charge in [-0.1, -0.05) is 60.1 Å². The molecule has 3 aromatic carbocycles. The van der Waals surface area contributed by atoms with Crippen LogP contribution in [0.3, 0.4) is 0 Å². The number of aliphatic imine (C=N–C) groups is 1. The maximum absolute atomic E-state index is 14.0. The van der Waals surface area contributed by atoms with Crippen molar-refractivity contribution in [2.45, 2.75) is 17.9 Å². The summed E-state index contributed by atoms with van der Waals surface area (Å²) in [5, 5.41) is 20.4. The van der Waals surface area contributed by atoms with Gasteiger partial charge in [0.05, 0.1) is 11.1 Å². The third-order valence-electron chi connectivity index (χ3n) is 6.28. The van der Waals surface area contributed by atoms with Crippen LogP contribution in [0, 0.1) is 18.4 Å². The van der Waals surface area contributed by atoms with E-state index in [1.807, 2.05) is 72.6 Å². The van der Waals surface area contributed by atoms with Crippen LogP contribution in [-0.4, -0.2) is 53.5 Å². The van der Waals surface area contributed by atoms with Gasteiger partial charge < -0.3 is 10.2 Å². The first-order chi connectivity index (χ1) is 17.9. The second-order valence-electron chi connectivity index (χ2n) is 8.47. The van der Waals surface area contributed by atoms with Crippen molar-refractivity contribution >= 4 is 44.3 Å². The molecular weight excluding hydrogens is 514 g/mol. The number of nitrogens with zero attached hydrogens (tertiary/aromatic N) is 6. The van der Waals surface area contributed by atoms with Crippen molar-refractivity contribution in [2.75, 3.05) is 25.0 Å². The van der Waals surface area contributed by atoms with E-state index in [1.165, 1.54) is 16.4 Å². The van der Waals surface area contributed by atoms with Gasteiger partial charge in [0.25, 0.3) is 0 Å². The minimum absolute atomic E-state index is 0.0357. The van der Waals surface area contributed by atoms with Crippen LogP contribution in [0.25, 0.3) is 11.0 Å². The van der Waals surface area contributed by atoms with Gasteiger partial charge in [-0.15, -0.1) is 4.99 Å². The van der Waals surface area contributed by atoms with Crippen LogP contribution in [0.1, 0.15) is 17.2 Å². The number of piperazine rings is 1. The molecule has 0 aliphatic carbocycles. The predicted molar refractivity (Wildman–Crippen MR) is 139 cm³/mol. The zero-order chi connectivity index (χ0) is 26.0. The van der Waals surface area contributed by atoms with E-state index < -0.39 is 16.1 Å². The van der Waals surface area contributed by atoms with Gasteiger partial charge in [0.1, 0.15) is 4.90 Å². The number of aromatic nitrogens is 2. The third-order valence-corrected chi connectivity index (χ3v) is 8.52. The summed E-state index contributed by atoms with van der Waals surface area (Å²) in [6, 6.07) is 19.3. The van der Waals surface area contributed by atoms with E-state index in [2.05, 4.69) is 20.6 Å². The Balaban J connectivity index is 1.52. The zero-order valence-corrected chi connectivity index (χ0v) is 21.3. The lowest BCUT2D eigenvalue weighted by Gasteiger charge is -2.41. The van der Waals surface area contributed by atoms with Crippen LogP contribution >= 0.6 is 11.6 Å². The molecule has 5 rings (SSSR count). The Hall–Kier alpha value is -3.98. The number of nitriles is 1. The van der Waals surface area contributed by atoms with Gasteiger partial charge in [-0.2, -0.15) is 9.57 Å². The second kappa shape index (κ2) is 10.2. The summed E-state index contributed by atoms with van der Waals surface area (Å²) in [6.07, 6.45) is 1.86. The van der Waals surface area contributed by atoms with E-state index in [0.717, 1.165) is 16.8 Å². The standard InChI is InChI=1S/C25H22ClN7O3S/c1-17-7-5-6-10-20(17)29-25(28-16-27)32-13-14-33(21(15-32)18-8-3-2-4-9-18)37(34,35)22-12-11-19(26)23-24(22)31-36-30-23/h2-12,21H,13-15H2,1H3,(H,28,29). The Bertz CT molecular complexity index is 1620. The Morgan fingerprint density at radius 2 is 1.81 bits per heavy atom. The molecule has 1 N–H and O–H groups in total. The molecule has 0 amide bonds. The van der Waals surface area contributed by atoms with Gasteiger partial charge >= 0.3 is 0 Å². The molecule has 1 aromatic heterocycles. The van der Waals surface area contributed by atoms with Crippen LogP contribution in [-0.2, 0) is 10.0 Å². The highest BCUT2D eigenvalue weighted by molar-refractivity contribution is 7.89. The van der Waals surface area contributed by atoms with Crippen molar-refractivity contribution in [1.82, 2.24) is 19.5 Å². The molecule has 1 aliphatic heterocycles. The van der Waals surface area contributed by atoms with Crippen LogP contribution in [0.5, 0.6) is 0 Å². The summed E-state index contributed by atoms with van der Waals surface area (Å²) in [5.74, 6) is 0.351. The molecule has 1 fully saturated rings. The highest BCUT2D eigenvalue weighted by Crippen LogP contribution is 2.35. The zero-order valence-electron chi connectivity index (χ0n) is 19.7. The fourth-order valence-electron chi connectivity index (χ4n) is 4.40. The minimum atomic E-state index is -4.04. The number of rotatable bonds is 4. The number of nitrogens with one attached hydrogen (secondary N) is 1. The molecule has 0 spiro atoms. The number of hydrogen-bond acceptors (Lipinski definition) is 7. The average molecular weight is 536 g/mol. The molecule has 2 heterocycles. The smallest absolute Gasteiger partial charge is 0.246 e. The molecule has 37 heavy (non-hydrogen) atoms. The third kappa shape index (κ3) is 4.74.